The first-order valence-electron chi connectivity index (χ1n) is 11.6. The molecule has 3 unspecified atom stereocenters. The number of alkyl halides is 3. The Morgan fingerprint density at radius 1 is 1.20 bits per heavy atom. The number of likely N-dealkylation sites (tertiary alicyclic amines) is 1. The monoisotopic (exact) mass is 509 g/mol. The van der Waals surface area contributed by atoms with E-state index in [0.717, 1.165) is 55.7 Å². The zero-order valence-electron chi connectivity index (χ0n) is 19.2. The maximum atomic E-state index is 14.6. The number of hydrogen-bond donors (Lipinski definition) is 1. The maximum absolute atomic E-state index is 14.6. The largest absolute Gasteiger partial charge is 0.418 e. The van der Waals surface area contributed by atoms with Gasteiger partial charge in [-0.25, -0.2) is 9.37 Å². The van der Waals surface area contributed by atoms with Crippen LogP contribution in [0.5, 0.6) is 0 Å². The molecule has 3 atom stereocenters. The first-order chi connectivity index (χ1) is 16.8. The average molecular weight is 510 g/mol. The summed E-state index contributed by atoms with van der Waals surface area (Å²) in [7, 11) is 1.96. The van der Waals surface area contributed by atoms with Gasteiger partial charge in [-0.05, 0) is 43.2 Å². The minimum Gasteiger partial charge on any atom is -0.364 e. The van der Waals surface area contributed by atoms with Gasteiger partial charge in [-0.1, -0.05) is 6.07 Å². The van der Waals surface area contributed by atoms with Crippen molar-refractivity contribution in [3.63, 3.8) is 0 Å². The predicted molar refractivity (Wildman–Crippen MR) is 127 cm³/mol. The first kappa shape index (κ1) is 24.1. The number of hydrogen-bond acceptors (Lipinski definition) is 8. The summed E-state index contributed by atoms with van der Waals surface area (Å²) in [6.45, 7) is 2.80. The summed E-state index contributed by atoms with van der Waals surface area (Å²) in [5.74, 6) is 1.10. The van der Waals surface area contributed by atoms with Crippen molar-refractivity contribution in [1.29, 1.82) is 0 Å². The minimum absolute atomic E-state index is 0.00213. The summed E-state index contributed by atoms with van der Waals surface area (Å²) < 4.78 is 55.2. The first-order valence-corrected chi connectivity index (χ1v) is 12.7. The zero-order chi connectivity index (χ0) is 24.6. The Morgan fingerprint density at radius 3 is 2.83 bits per heavy atom. The van der Waals surface area contributed by atoms with E-state index in [0.29, 0.717) is 18.8 Å². The van der Waals surface area contributed by atoms with Crippen LogP contribution in [0, 0.1) is 11.7 Å². The second-order valence-electron chi connectivity index (χ2n) is 9.05. The van der Waals surface area contributed by atoms with Crippen LogP contribution >= 0.6 is 11.8 Å². The van der Waals surface area contributed by atoms with Crippen molar-refractivity contribution in [2.24, 2.45) is 11.0 Å². The molecule has 0 bridgehead atoms. The van der Waals surface area contributed by atoms with Crippen LogP contribution in [-0.2, 0) is 6.18 Å². The van der Waals surface area contributed by atoms with Gasteiger partial charge >= 0.3 is 6.18 Å². The number of thioether (sulfide) groups is 1. The summed E-state index contributed by atoms with van der Waals surface area (Å²) >= 11 is 1.74. The van der Waals surface area contributed by atoms with Gasteiger partial charge in [-0.15, -0.1) is 11.8 Å². The number of hydrazone groups is 1. The highest BCUT2D eigenvalue weighted by molar-refractivity contribution is 7.99. The van der Waals surface area contributed by atoms with E-state index >= 15 is 0 Å². The fourth-order valence-electron chi connectivity index (χ4n) is 5.22. The lowest BCUT2D eigenvalue weighted by Crippen LogP contribution is -2.37. The van der Waals surface area contributed by atoms with Gasteiger partial charge in [0.25, 0.3) is 0 Å². The number of anilines is 1. The fraction of sp³-hybridized carbons (Fsp3) is 0.522. The van der Waals surface area contributed by atoms with Crippen LogP contribution in [0.3, 0.4) is 0 Å². The second-order valence-corrected chi connectivity index (χ2v) is 10.2. The number of nitrogens with zero attached hydrogens (tertiary/aromatic N) is 6. The van der Waals surface area contributed by atoms with E-state index in [1.807, 2.05) is 11.9 Å². The molecule has 12 heteroatoms. The molecule has 0 spiro atoms. The SMILES string of the molecule is CN1C(c2cnccn2)=NNC1SCCCN1CC2CCN(c3c(F)cccc3C(F)(F)F)C2C1. The quantitative estimate of drug-likeness (QED) is 0.453. The van der Waals surface area contributed by atoms with E-state index in [9.17, 15) is 17.6 Å². The summed E-state index contributed by atoms with van der Waals surface area (Å²) in [5, 5.41) is 4.37. The lowest BCUT2D eigenvalue weighted by molar-refractivity contribution is -0.137. The summed E-state index contributed by atoms with van der Waals surface area (Å²) in [5.41, 5.74) is 2.66. The lowest BCUT2D eigenvalue weighted by atomic mass is 10.0. The van der Waals surface area contributed by atoms with Gasteiger partial charge < -0.3 is 14.7 Å². The molecule has 5 rings (SSSR count). The van der Waals surface area contributed by atoms with Gasteiger partial charge in [-0.2, -0.15) is 18.3 Å². The molecule has 0 radical (unpaired) electrons. The molecule has 4 heterocycles. The van der Waals surface area contributed by atoms with Gasteiger partial charge in [0.05, 0.1) is 17.4 Å². The highest BCUT2D eigenvalue weighted by atomic mass is 32.2. The zero-order valence-corrected chi connectivity index (χ0v) is 20.1. The maximum Gasteiger partial charge on any atom is 0.418 e. The van der Waals surface area contributed by atoms with Crippen LogP contribution in [-0.4, -0.2) is 76.1 Å². The summed E-state index contributed by atoms with van der Waals surface area (Å²) in [6, 6.07) is 3.14. The number of aromatic nitrogens is 2. The summed E-state index contributed by atoms with van der Waals surface area (Å²) in [6.07, 6.45) is 2.06. The van der Waals surface area contributed by atoms with E-state index in [-0.39, 0.29) is 23.1 Å². The van der Waals surface area contributed by atoms with Gasteiger partial charge in [-0.3, -0.25) is 10.4 Å². The highest BCUT2D eigenvalue weighted by Crippen LogP contribution is 2.43. The van der Waals surface area contributed by atoms with Crippen molar-refractivity contribution in [3.8, 4) is 0 Å². The Labute approximate surface area is 205 Å². The Balaban J connectivity index is 1.12. The molecule has 2 aromatic rings. The average Bonchev–Trinajstić information content (AvgIpc) is 3.51. The molecule has 188 valence electrons. The molecule has 1 N–H and O–H groups in total. The van der Waals surface area contributed by atoms with E-state index in [2.05, 4.69) is 25.4 Å². The molecule has 3 aliphatic heterocycles. The number of fused-ring (bicyclic) bond motifs is 1. The van der Waals surface area contributed by atoms with Crippen LogP contribution in [0.4, 0.5) is 23.2 Å². The van der Waals surface area contributed by atoms with Crippen LogP contribution in [0.15, 0.2) is 41.9 Å². The van der Waals surface area contributed by atoms with Gasteiger partial charge in [0.1, 0.15) is 11.5 Å². The third kappa shape index (κ3) is 4.90. The third-order valence-corrected chi connectivity index (χ3v) is 8.12. The smallest absolute Gasteiger partial charge is 0.364 e. The van der Waals surface area contributed by atoms with Crippen LogP contribution < -0.4 is 10.3 Å². The van der Waals surface area contributed by atoms with E-state index in [1.165, 1.54) is 0 Å². The lowest BCUT2D eigenvalue weighted by Gasteiger charge is -2.30. The van der Waals surface area contributed by atoms with Crippen molar-refractivity contribution >= 4 is 23.3 Å². The van der Waals surface area contributed by atoms with Gasteiger partial charge in [0.15, 0.2) is 11.3 Å². The molecule has 0 saturated carbocycles. The molecule has 0 amide bonds. The Morgan fingerprint density at radius 2 is 2.06 bits per heavy atom. The molecule has 0 aliphatic carbocycles. The standard InChI is InChI=1S/C23H27F4N7S/c1-32-21(18-12-28-7-8-29-18)30-31-22(32)35-11-3-9-33-13-15-6-10-34(19(15)14-33)20-16(23(25,26)27)4-2-5-17(20)24/h2,4-5,7-8,12,15,19,22,31H,3,6,9-11,13-14H2,1H3. The number of halogens is 4. The van der Waals surface area contributed by atoms with Crippen LogP contribution in [0.2, 0.25) is 0 Å². The number of rotatable bonds is 7. The number of para-hydroxylation sites is 1. The van der Waals surface area contributed by atoms with Crippen molar-refractivity contribution < 1.29 is 17.6 Å². The molecule has 1 aromatic carbocycles. The highest BCUT2D eigenvalue weighted by Gasteiger charge is 2.45. The Kier molecular flexibility index (Phi) is 6.75. The normalized spacial score (nSPS) is 24.6. The molecule has 2 fully saturated rings. The van der Waals surface area contributed by atoms with Crippen LogP contribution in [0.25, 0.3) is 0 Å². The molecular formula is C23H27F4N7S. The minimum atomic E-state index is -4.58. The topological polar surface area (TPSA) is 59.9 Å². The fourth-order valence-corrected chi connectivity index (χ4v) is 6.19. The molecule has 35 heavy (non-hydrogen) atoms. The number of nitrogens with one attached hydrogen (secondary N) is 1. The molecule has 2 saturated heterocycles. The van der Waals surface area contributed by atoms with Crippen molar-refractivity contribution in [2.45, 2.75) is 30.6 Å². The molecular weight excluding hydrogens is 482 g/mol. The summed E-state index contributed by atoms with van der Waals surface area (Å²) in [4.78, 5) is 14.4. The van der Waals surface area contributed by atoms with E-state index in [1.54, 1.807) is 35.3 Å². The van der Waals surface area contributed by atoms with Crippen molar-refractivity contribution in [3.05, 3.63) is 53.9 Å². The second kappa shape index (κ2) is 9.81. The Hall–Kier alpha value is -2.60. The molecule has 1 aromatic heterocycles. The van der Waals surface area contributed by atoms with E-state index in [4.69, 9.17) is 0 Å². The van der Waals surface area contributed by atoms with Crippen LogP contribution in [0.1, 0.15) is 24.1 Å². The van der Waals surface area contributed by atoms with Gasteiger partial charge in [0, 0.05) is 45.1 Å². The van der Waals surface area contributed by atoms with Gasteiger partial charge in [0.2, 0.25) is 0 Å². The third-order valence-electron chi connectivity index (χ3n) is 6.86. The molecule has 3 aliphatic rings. The molecule has 7 nitrogen and oxygen atoms in total. The number of benzene rings is 1. The van der Waals surface area contributed by atoms with E-state index < -0.39 is 17.6 Å². The van der Waals surface area contributed by atoms with Crippen molar-refractivity contribution in [1.82, 2.24) is 25.2 Å². The Bertz CT molecular complexity index is 1070. The number of amidine groups is 1. The predicted octanol–water partition coefficient (Wildman–Crippen LogP) is 3.45. The van der Waals surface area contributed by atoms with Crippen molar-refractivity contribution in [2.75, 3.05) is 43.9 Å².